The molecule has 0 nitrogen and oxygen atoms in total. The van der Waals surface area contributed by atoms with Gasteiger partial charge in [0.15, 0.2) is 0 Å². The average Bonchev–Trinajstić information content (AvgIpc) is 2.07. The summed E-state index contributed by atoms with van der Waals surface area (Å²) in [6.45, 7) is 0. The summed E-state index contributed by atoms with van der Waals surface area (Å²) < 4.78 is 0. The molecule has 12 heavy (non-hydrogen) atoms. The molecule has 0 atom stereocenters. The molecule has 1 rings (SSSR count). The molecule has 0 aliphatic carbocycles. The second kappa shape index (κ2) is 4.81. The molecular formula is C8H6BCl3. The number of benzene rings is 1. The quantitative estimate of drug-likeness (QED) is 0.664. The number of hydrogen-bond acceptors (Lipinski definition) is 0. The molecule has 1 aromatic rings. The first-order valence-corrected chi connectivity index (χ1v) is 4.70. The summed E-state index contributed by atoms with van der Waals surface area (Å²) in [4.78, 5) is 0. The highest BCUT2D eigenvalue weighted by Crippen LogP contribution is 2.22. The first-order chi connectivity index (χ1) is 5.75. The van der Waals surface area contributed by atoms with Crippen molar-refractivity contribution < 1.29 is 0 Å². The Labute approximate surface area is 87.0 Å². The number of rotatable bonds is 2. The largest absolute Gasteiger partial charge is 0.384 e. The van der Waals surface area contributed by atoms with Crippen molar-refractivity contribution in [1.82, 2.24) is 0 Å². The van der Waals surface area contributed by atoms with Crippen LogP contribution in [0.5, 0.6) is 0 Å². The summed E-state index contributed by atoms with van der Waals surface area (Å²) in [6.07, 6.45) is 0. The van der Waals surface area contributed by atoms with E-state index < -0.39 is 5.54 Å². The third-order valence-electron chi connectivity index (χ3n) is 1.46. The van der Waals surface area contributed by atoms with Gasteiger partial charge in [0.25, 0.3) is 0 Å². The van der Waals surface area contributed by atoms with E-state index in [4.69, 9.17) is 34.5 Å². The molecule has 4 heteroatoms. The molecule has 0 aliphatic rings. The predicted octanol–water partition coefficient (Wildman–Crippen LogP) is 3.77. The van der Waals surface area contributed by atoms with Gasteiger partial charge in [-0.25, -0.2) is 0 Å². The van der Waals surface area contributed by atoms with E-state index in [-0.39, 0.29) is 0 Å². The Morgan fingerprint density at radius 2 is 1.75 bits per heavy atom. The minimum absolute atomic E-state index is 0.579. The first kappa shape index (κ1) is 9.98. The van der Waals surface area contributed by atoms with Gasteiger partial charge in [0, 0.05) is 5.54 Å². The number of halogens is 3. The molecule has 0 amide bonds. The van der Waals surface area contributed by atoms with Crippen LogP contribution in [0.2, 0.25) is 0 Å². The van der Waals surface area contributed by atoms with Crippen molar-refractivity contribution in [3.05, 3.63) is 41.4 Å². The fourth-order valence-electron chi connectivity index (χ4n) is 0.867. The monoisotopic (exact) mass is 218 g/mol. The van der Waals surface area contributed by atoms with E-state index in [0.717, 1.165) is 11.0 Å². The van der Waals surface area contributed by atoms with E-state index in [1.165, 1.54) is 5.54 Å². The highest BCUT2D eigenvalue weighted by atomic mass is 35.5. The summed E-state index contributed by atoms with van der Waals surface area (Å²) in [5.74, 6) is 0. The second-order valence-electron chi connectivity index (χ2n) is 2.23. The Balaban J connectivity index is 2.97. The third-order valence-corrected chi connectivity index (χ3v) is 2.17. The fourth-order valence-corrected chi connectivity index (χ4v) is 1.63. The molecule has 0 aromatic heterocycles. The normalized spacial score (nSPS) is 11.4. The molecule has 0 bridgehead atoms. The standard InChI is InChI=1S/C8H6BCl3/c10-6-8(9(11)12)7-4-2-1-3-5-7/h1-6H/b8-6-. The highest BCUT2D eigenvalue weighted by Gasteiger charge is 2.13. The molecule has 62 valence electrons. The van der Waals surface area contributed by atoms with E-state index in [0.29, 0.717) is 0 Å². The zero-order valence-electron chi connectivity index (χ0n) is 6.18. The van der Waals surface area contributed by atoms with Crippen LogP contribution in [0, 0.1) is 0 Å². The van der Waals surface area contributed by atoms with Crippen molar-refractivity contribution in [2.45, 2.75) is 0 Å². The molecule has 0 fully saturated rings. The van der Waals surface area contributed by atoms with Gasteiger partial charge < -0.3 is 0 Å². The summed E-state index contributed by atoms with van der Waals surface area (Å²) in [5.41, 5.74) is 2.49. The van der Waals surface area contributed by atoms with Gasteiger partial charge in [-0.15, -0.1) is 0 Å². The van der Waals surface area contributed by atoms with E-state index in [1.54, 1.807) is 0 Å². The van der Waals surface area contributed by atoms with E-state index >= 15 is 0 Å². The van der Waals surface area contributed by atoms with Crippen LogP contribution >= 0.6 is 34.5 Å². The summed E-state index contributed by atoms with van der Waals surface area (Å²) in [7, 11) is 0. The lowest BCUT2D eigenvalue weighted by Gasteiger charge is -2.03. The Morgan fingerprint density at radius 1 is 1.17 bits per heavy atom. The van der Waals surface area contributed by atoms with E-state index in [9.17, 15) is 0 Å². The van der Waals surface area contributed by atoms with Gasteiger partial charge in [-0.2, -0.15) is 22.9 Å². The van der Waals surface area contributed by atoms with Crippen LogP contribution < -0.4 is 0 Å². The van der Waals surface area contributed by atoms with Crippen LogP contribution in [0.3, 0.4) is 0 Å². The lowest BCUT2D eigenvalue weighted by atomic mass is 9.87. The fraction of sp³-hybridized carbons (Fsp3) is 0. The van der Waals surface area contributed by atoms with Gasteiger partial charge in [-0.05, 0) is 11.0 Å². The van der Waals surface area contributed by atoms with Crippen molar-refractivity contribution in [3.63, 3.8) is 0 Å². The maximum Gasteiger partial charge on any atom is 0.384 e. The molecule has 0 saturated carbocycles. The SMILES string of the molecule is Cl/C=C(\B(Cl)Cl)c1ccccc1. The molecular weight excluding hydrogens is 213 g/mol. The minimum Gasteiger partial charge on any atom is -0.164 e. The second-order valence-corrected chi connectivity index (χ2v) is 3.55. The molecule has 0 heterocycles. The Morgan fingerprint density at radius 3 is 2.17 bits per heavy atom. The van der Waals surface area contributed by atoms with Gasteiger partial charge in [-0.1, -0.05) is 41.9 Å². The Bertz CT molecular complexity index is 269. The van der Waals surface area contributed by atoms with Crippen LogP contribution in [0.25, 0.3) is 5.47 Å². The Kier molecular flexibility index (Phi) is 4.00. The Hall–Kier alpha value is -0.105. The maximum absolute atomic E-state index is 5.69. The first-order valence-electron chi connectivity index (χ1n) is 3.39. The van der Waals surface area contributed by atoms with Gasteiger partial charge in [0.2, 0.25) is 0 Å². The van der Waals surface area contributed by atoms with Crippen molar-refractivity contribution in [2.75, 3.05) is 0 Å². The van der Waals surface area contributed by atoms with Crippen LogP contribution in [0.15, 0.2) is 35.9 Å². The molecule has 0 aliphatic heterocycles. The van der Waals surface area contributed by atoms with Crippen LogP contribution in [-0.2, 0) is 0 Å². The zero-order chi connectivity index (χ0) is 8.97. The zero-order valence-corrected chi connectivity index (χ0v) is 8.44. The molecule has 0 radical (unpaired) electrons. The third kappa shape index (κ3) is 2.44. The molecule has 0 saturated heterocycles. The molecule has 0 N–H and O–H groups in total. The van der Waals surface area contributed by atoms with Gasteiger partial charge in [0.05, 0.1) is 0 Å². The topological polar surface area (TPSA) is 0 Å². The van der Waals surface area contributed by atoms with Crippen LogP contribution in [0.1, 0.15) is 5.56 Å². The van der Waals surface area contributed by atoms with Crippen LogP contribution in [0.4, 0.5) is 0 Å². The van der Waals surface area contributed by atoms with Gasteiger partial charge in [0.1, 0.15) is 0 Å². The average molecular weight is 219 g/mol. The van der Waals surface area contributed by atoms with Gasteiger partial charge >= 0.3 is 5.54 Å². The maximum atomic E-state index is 5.69. The van der Waals surface area contributed by atoms with Crippen molar-refractivity contribution in [1.29, 1.82) is 0 Å². The van der Waals surface area contributed by atoms with Crippen LogP contribution in [-0.4, -0.2) is 5.54 Å². The van der Waals surface area contributed by atoms with E-state index in [1.807, 2.05) is 30.3 Å². The highest BCUT2D eigenvalue weighted by molar-refractivity contribution is 7.41. The molecule has 0 unspecified atom stereocenters. The van der Waals surface area contributed by atoms with Crippen molar-refractivity contribution in [2.24, 2.45) is 0 Å². The summed E-state index contributed by atoms with van der Waals surface area (Å²) >= 11 is 16.9. The lowest BCUT2D eigenvalue weighted by Crippen LogP contribution is -1.97. The van der Waals surface area contributed by atoms with Crippen molar-refractivity contribution in [3.8, 4) is 0 Å². The minimum atomic E-state index is -0.579. The molecule has 1 aromatic carbocycles. The molecule has 0 spiro atoms. The summed E-state index contributed by atoms with van der Waals surface area (Å²) in [6, 6.07) is 9.56. The lowest BCUT2D eigenvalue weighted by molar-refractivity contribution is 1.65. The van der Waals surface area contributed by atoms with Gasteiger partial charge in [-0.3, -0.25) is 0 Å². The smallest absolute Gasteiger partial charge is 0.164 e. The predicted molar refractivity (Wildman–Crippen MR) is 57.7 cm³/mol. The van der Waals surface area contributed by atoms with Crippen molar-refractivity contribution >= 4 is 45.5 Å². The van der Waals surface area contributed by atoms with E-state index in [2.05, 4.69) is 0 Å². The summed E-state index contributed by atoms with van der Waals surface area (Å²) in [5, 5.41) is 0. The number of hydrogen-bond donors (Lipinski definition) is 0.